The number of benzene rings is 1. The average molecular weight is 324 g/mol. The van der Waals surface area contributed by atoms with E-state index in [2.05, 4.69) is 10.2 Å². The van der Waals surface area contributed by atoms with E-state index in [-0.39, 0.29) is 17.7 Å². The molecule has 6 heteroatoms. The lowest BCUT2D eigenvalue weighted by Gasteiger charge is -2.37. The van der Waals surface area contributed by atoms with Gasteiger partial charge >= 0.3 is 0 Å². The first-order valence-corrected chi connectivity index (χ1v) is 7.87. The zero-order chi connectivity index (χ0) is 16.3. The average Bonchev–Trinajstić information content (AvgIpc) is 2.46. The number of nitrogens with zero attached hydrogens (tertiary/aromatic N) is 2. The molecular formula is C16H22ClN3O2. The molecule has 5 nitrogen and oxygen atoms in total. The predicted octanol–water partition coefficient (Wildman–Crippen LogP) is 2.60. The second kappa shape index (κ2) is 7.01. The third-order valence-corrected chi connectivity index (χ3v) is 4.00. The normalized spacial score (nSPS) is 15.1. The number of carbonyl (C=O) groups is 2. The van der Waals surface area contributed by atoms with Gasteiger partial charge in [-0.3, -0.25) is 9.59 Å². The van der Waals surface area contributed by atoms with E-state index in [1.807, 2.05) is 30.9 Å². The summed E-state index contributed by atoms with van der Waals surface area (Å²) >= 11 is 6.32. The van der Waals surface area contributed by atoms with Gasteiger partial charge < -0.3 is 15.1 Å². The maximum absolute atomic E-state index is 12.0. The van der Waals surface area contributed by atoms with Crippen molar-refractivity contribution in [3.8, 4) is 0 Å². The topological polar surface area (TPSA) is 52.7 Å². The van der Waals surface area contributed by atoms with Crippen molar-refractivity contribution < 1.29 is 9.59 Å². The minimum absolute atomic E-state index is 0.0343. The fourth-order valence-corrected chi connectivity index (χ4v) is 2.88. The molecule has 0 unspecified atom stereocenters. The van der Waals surface area contributed by atoms with E-state index in [1.54, 1.807) is 6.07 Å². The second-order valence-electron chi connectivity index (χ2n) is 5.81. The highest BCUT2D eigenvalue weighted by Gasteiger charge is 2.23. The van der Waals surface area contributed by atoms with Crippen LogP contribution in [0.2, 0.25) is 5.02 Å². The molecule has 1 aromatic carbocycles. The van der Waals surface area contributed by atoms with E-state index in [1.165, 1.54) is 6.92 Å². The van der Waals surface area contributed by atoms with Gasteiger partial charge in [0.15, 0.2) is 0 Å². The summed E-state index contributed by atoms with van der Waals surface area (Å²) in [6.07, 6.45) is 0. The summed E-state index contributed by atoms with van der Waals surface area (Å²) in [5.74, 6) is 0.114. The Morgan fingerprint density at radius 1 is 1.18 bits per heavy atom. The Hall–Kier alpha value is -1.75. The molecule has 1 aliphatic heterocycles. The molecule has 0 bridgehead atoms. The fraction of sp³-hybridized carbons (Fsp3) is 0.500. The molecule has 22 heavy (non-hydrogen) atoms. The number of piperazine rings is 1. The number of nitrogens with one attached hydrogen (secondary N) is 1. The van der Waals surface area contributed by atoms with Crippen molar-refractivity contribution in [1.29, 1.82) is 0 Å². The van der Waals surface area contributed by atoms with Crippen molar-refractivity contribution in [3.05, 3.63) is 23.2 Å². The Morgan fingerprint density at radius 2 is 1.82 bits per heavy atom. The quantitative estimate of drug-likeness (QED) is 0.930. The van der Waals surface area contributed by atoms with Crippen molar-refractivity contribution in [2.75, 3.05) is 36.4 Å². The van der Waals surface area contributed by atoms with Crippen LogP contribution in [0.15, 0.2) is 18.2 Å². The summed E-state index contributed by atoms with van der Waals surface area (Å²) in [6.45, 7) is 8.25. The smallest absolute Gasteiger partial charge is 0.225 e. The Morgan fingerprint density at radius 3 is 2.32 bits per heavy atom. The number of halogens is 1. The van der Waals surface area contributed by atoms with E-state index in [0.29, 0.717) is 23.8 Å². The van der Waals surface area contributed by atoms with Crippen molar-refractivity contribution in [3.63, 3.8) is 0 Å². The molecule has 1 heterocycles. The number of hydrogen-bond acceptors (Lipinski definition) is 3. The van der Waals surface area contributed by atoms with Crippen molar-refractivity contribution in [2.24, 2.45) is 5.92 Å². The van der Waals surface area contributed by atoms with Crippen LogP contribution >= 0.6 is 11.6 Å². The van der Waals surface area contributed by atoms with Crippen LogP contribution in [0.1, 0.15) is 20.8 Å². The molecule has 120 valence electrons. The molecule has 1 aromatic rings. The van der Waals surface area contributed by atoms with E-state index >= 15 is 0 Å². The molecule has 1 fully saturated rings. The minimum atomic E-state index is -0.121. The molecule has 1 N–H and O–H groups in total. The minimum Gasteiger partial charge on any atom is -0.367 e. The Labute approximate surface area is 136 Å². The SMILES string of the molecule is CC(=O)Nc1ccc(N2CCN(C(=O)C(C)C)CC2)c(Cl)c1. The number of rotatable bonds is 3. The number of anilines is 2. The van der Waals surface area contributed by atoms with E-state index in [0.717, 1.165) is 18.8 Å². The lowest BCUT2D eigenvalue weighted by Crippen LogP contribution is -2.50. The van der Waals surface area contributed by atoms with Gasteiger partial charge in [0.25, 0.3) is 0 Å². The standard InChI is InChI=1S/C16H22ClN3O2/c1-11(2)16(22)20-8-6-19(7-9-20)15-5-4-13(10-14(15)17)18-12(3)21/h4-5,10-11H,6-9H2,1-3H3,(H,18,21). The van der Waals surface area contributed by atoms with Gasteiger partial charge in [-0.1, -0.05) is 25.4 Å². The summed E-state index contributed by atoms with van der Waals surface area (Å²) in [5.41, 5.74) is 1.63. The van der Waals surface area contributed by atoms with Crippen molar-refractivity contribution in [1.82, 2.24) is 4.90 Å². The maximum atomic E-state index is 12.0. The molecular weight excluding hydrogens is 302 g/mol. The lowest BCUT2D eigenvalue weighted by molar-refractivity contribution is -0.134. The Balaban J connectivity index is 2.02. The van der Waals surface area contributed by atoms with E-state index < -0.39 is 0 Å². The molecule has 0 atom stereocenters. The van der Waals surface area contributed by atoms with E-state index in [9.17, 15) is 9.59 Å². The van der Waals surface area contributed by atoms with Gasteiger partial charge in [0.2, 0.25) is 11.8 Å². The van der Waals surface area contributed by atoms with Crippen LogP contribution in [0.5, 0.6) is 0 Å². The molecule has 2 amide bonds. The molecule has 0 radical (unpaired) electrons. The monoisotopic (exact) mass is 323 g/mol. The van der Waals surface area contributed by atoms with Gasteiger partial charge in [-0.05, 0) is 18.2 Å². The summed E-state index contributed by atoms with van der Waals surface area (Å²) < 4.78 is 0. The number of carbonyl (C=O) groups excluding carboxylic acids is 2. The van der Waals surface area contributed by atoms with Gasteiger partial charge in [0.05, 0.1) is 10.7 Å². The fourth-order valence-electron chi connectivity index (χ4n) is 2.58. The first-order valence-electron chi connectivity index (χ1n) is 7.49. The summed E-state index contributed by atoms with van der Waals surface area (Å²) in [5, 5.41) is 3.32. The molecule has 0 aliphatic carbocycles. The summed E-state index contributed by atoms with van der Waals surface area (Å²) in [4.78, 5) is 27.1. The highest BCUT2D eigenvalue weighted by molar-refractivity contribution is 6.33. The molecule has 1 saturated heterocycles. The van der Waals surface area contributed by atoms with Gasteiger partial charge in [0.1, 0.15) is 0 Å². The Bertz CT molecular complexity index is 567. The highest BCUT2D eigenvalue weighted by Crippen LogP contribution is 2.29. The van der Waals surface area contributed by atoms with Gasteiger partial charge in [-0.15, -0.1) is 0 Å². The van der Waals surface area contributed by atoms with Crippen LogP contribution in [-0.4, -0.2) is 42.9 Å². The zero-order valence-corrected chi connectivity index (χ0v) is 14.0. The Kier molecular flexibility index (Phi) is 5.29. The predicted molar refractivity (Wildman–Crippen MR) is 89.4 cm³/mol. The molecule has 0 saturated carbocycles. The zero-order valence-electron chi connectivity index (χ0n) is 13.2. The first-order chi connectivity index (χ1) is 10.4. The van der Waals surface area contributed by atoms with Crippen LogP contribution in [0.4, 0.5) is 11.4 Å². The highest BCUT2D eigenvalue weighted by atomic mass is 35.5. The van der Waals surface area contributed by atoms with Gasteiger partial charge in [-0.25, -0.2) is 0 Å². The van der Waals surface area contributed by atoms with Crippen LogP contribution in [0.3, 0.4) is 0 Å². The molecule has 1 aliphatic rings. The molecule has 0 spiro atoms. The summed E-state index contributed by atoms with van der Waals surface area (Å²) in [7, 11) is 0. The van der Waals surface area contributed by atoms with Crippen molar-refractivity contribution in [2.45, 2.75) is 20.8 Å². The van der Waals surface area contributed by atoms with Crippen LogP contribution in [0.25, 0.3) is 0 Å². The second-order valence-corrected chi connectivity index (χ2v) is 6.22. The number of hydrogen-bond donors (Lipinski definition) is 1. The van der Waals surface area contributed by atoms with Gasteiger partial charge in [-0.2, -0.15) is 0 Å². The van der Waals surface area contributed by atoms with Crippen LogP contribution in [-0.2, 0) is 9.59 Å². The molecule has 2 rings (SSSR count). The van der Waals surface area contributed by atoms with Crippen molar-refractivity contribution >= 4 is 34.8 Å². The van der Waals surface area contributed by atoms with Crippen LogP contribution < -0.4 is 10.2 Å². The number of amides is 2. The largest absolute Gasteiger partial charge is 0.367 e. The third kappa shape index (κ3) is 3.91. The first kappa shape index (κ1) is 16.6. The third-order valence-electron chi connectivity index (χ3n) is 3.69. The lowest BCUT2D eigenvalue weighted by atomic mass is 10.1. The van der Waals surface area contributed by atoms with Crippen LogP contribution in [0, 0.1) is 5.92 Å². The maximum Gasteiger partial charge on any atom is 0.225 e. The molecule has 0 aromatic heterocycles. The summed E-state index contributed by atoms with van der Waals surface area (Å²) in [6, 6.07) is 5.51. The van der Waals surface area contributed by atoms with E-state index in [4.69, 9.17) is 11.6 Å². The van der Waals surface area contributed by atoms with Gasteiger partial charge in [0, 0.05) is 44.7 Å².